The first-order valence-electron chi connectivity index (χ1n) is 7.41. The molecule has 0 saturated heterocycles. The number of aromatic nitrogens is 5. The van der Waals surface area contributed by atoms with Crippen molar-refractivity contribution in [2.24, 2.45) is 0 Å². The van der Waals surface area contributed by atoms with Crippen molar-refractivity contribution in [2.75, 3.05) is 0 Å². The molecule has 4 aromatic rings. The first kappa shape index (κ1) is 12.2. The zero-order valence-electron chi connectivity index (χ0n) is 12.1. The molecule has 0 bridgehead atoms. The summed E-state index contributed by atoms with van der Waals surface area (Å²) in [5.74, 6) is 1.65. The number of rotatable bonds is 1. The van der Waals surface area contributed by atoms with E-state index < -0.39 is 0 Å². The highest BCUT2D eigenvalue weighted by Gasteiger charge is 2.23. The van der Waals surface area contributed by atoms with Crippen LogP contribution in [0.4, 0.5) is 0 Å². The molecule has 0 radical (unpaired) electrons. The summed E-state index contributed by atoms with van der Waals surface area (Å²) in [7, 11) is 0. The summed E-state index contributed by atoms with van der Waals surface area (Å²) < 4.78 is 1.86. The molecule has 0 fully saturated rings. The molecular formula is C16H13N5S. The van der Waals surface area contributed by atoms with E-state index in [1.54, 1.807) is 11.3 Å². The lowest BCUT2D eigenvalue weighted by Crippen LogP contribution is -2.04. The van der Waals surface area contributed by atoms with E-state index in [0.717, 1.165) is 40.3 Å². The van der Waals surface area contributed by atoms with Gasteiger partial charge in [-0.2, -0.15) is 4.68 Å². The third-order valence-electron chi connectivity index (χ3n) is 4.21. The number of aryl methyl sites for hydroxylation is 3. The fourth-order valence-electron chi connectivity index (χ4n) is 3.26. The number of nitrogens with zero attached hydrogens (tertiary/aromatic N) is 5. The number of thiophene rings is 1. The molecule has 0 amide bonds. The van der Waals surface area contributed by atoms with Crippen LogP contribution in [-0.2, 0) is 12.8 Å². The molecule has 0 saturated carbocycles. The Labute approximate surface area is 130 Å². The minimum Gasteiger partial charge on any atom is -0.222 e. The maximum absolute atomic E-state index is 4.70. The molecule has 3 heterocycles. The van der Waals surface area contributed by atoms with Crippen LogP contribution in [0.25, 0.3) is 27.1 Å². The summed E-state index contributed by atoms with van der Waals surface area (Å²) in [5.41, 5.74) is 3.29. The molecular weight excluding hydrogens is 294 g/mol. The van der Waals surface area contributed by atoms with Crippen LogP contribution in [0.15, 0.2) is 24.3 Å². The predicted octanol–water partition coefficient (Wildman–Crippen LogP) is 3.22. The van der Waals surface area contributed by atoms with Crippen molar-refractivity contribution in [1.82, 2.24) is 25.0 Å². The van der Waals surface area contributed by atoms with Crippen molar-refractivity contribution in [1.29, 1.82) is 0 Å². The van der Waals surface area contributed by atoms with Crippen LogP contribution in [0.2, 0.25) is 0 Å². The van der Waals surface area contributed by atoms with Crippen LogP contribution in [0, 0.1) is 6.92 Å². The Morgan fingerprint density at radius 3 is 3.00 bits per heavy atom. The number of fused-ring (bicyclic) bond motifs is 4. The van der Waals surface area contributed by atoms with E-state index >= 15 is 0 Å². The second-order valence-corrected chi connectivity index (χ2v) is 6.71. The maximum atomic E-state index is 4.70. The summed E-state index contributed by atoms with van der Waals surface area (Å²) in [6, 6.07) is 7.99. The number of benzene rings is 1. The van der Waals surface area contributed by atoms with E-state index in [1.807, 2.05) is 35.9 Å². The molecule has 22 heavy (non-hydrogen) atoms. The van der Waals surface area contributed by atoms with E-state index in [2.05, 4.69) is 15.3 Å². The fourth-order valence-corrected chi connectivity index (χ4v) is 4.56. The molecule has 1 aliphatic rings. The Balaban J connectivity index is 1.91. The summed E-state index contributed by atoms with van der Waals surface area (Å²) in [4.78, 5) is 11.9. The molecule has 0 atom stereocenters. The van der Waals surface area contributed by atoms with Crippen molar-refractivity contribution in [3.8, 4) is 5.82 Å². The zero-order chi connectivity index (χ0) is 14.7. The van der Waals surface area contributed by atoms with E-state index in [9.17, 15) is 0 Å². The zero-order valence-corrected chi connectivity index (χ0v) is 12.9. The first-order chi connectivity index (χ1) is 10.8. The normalized spacial score (nSPS) is 14.0. The van der Waals surface area contributed by atoms with Crippen LogP contribution >= 0.6 is 11.3 Å². The Hall–Kier alpha value is -2.34. The molecule has 1 aliphatic carbocycles. The molecule has 6 heteroatoms. The van der Waals surface area contributed by atoms with Crippen LogP contribution in [0.3, 0.4) is 0 Å². The maximum Gasteiger partial charge on any atom is 0.168 e. The van der Waals surface area contributed by atoms with Gasteiger partial charge in [-0.25, -0.2) is 9.97 Å². The highest BCUT2D eigenvalue weighted by molar-refractivity contribution is 7.19. The SMILES string of the molecule is Cc1nc(-n2nnc3ccccc32)c2c3c(sc2n1)CCC3. The largest absolute Gasteiger partial charge is 0.222 e. The van der Waals surface area contributed by atoms with Crippen LogP contribution in [-0.4, -0.2) is 25.0 Å². The number of hydrogen-bond donors (Lipinski definition) is 0. The van der Waals surface area contributed by atoms with Gasteiger partial charge in [0, 0.05) is 4.88 Å². The molecule has 5 nitrogen and oxygen atoms in total. The topological polar surface area (TPSA) is 56.5 Å². The summed E-state index contributed by atoms with van der Waals surface area (Å²) >= 11 is 1.80. The monoisotopic (exact) mass is 307 g/mol. The van der Waals surface area contributed by atoms with E-state index in [0.29, 0.717) is 0 Å². The lowest BCUT2D eigenvalue weighted by molar-refractivity contribution is 0.799. The number of para-hydroxylation sites is 1. The van der Waals surface area contributed by atoms with Gasteiger partial charge < -0.3 is 0 Å². The minimum atomic E-state index is 0.780. The van der Waals surface area contributed by atoms with Crippen molar-refractivity contribution in [3.05, 3.63) is 40.5 Å². The minimum absolute atomic E-state index is 0.780. The van der Waals surface area contributed by atoms with Gasteiger partial charge in [-0.15, -0.1) is 16.4 Å². The van der Waals surface area contributed by atoms with Gasteiger partial charge in [0.1, 0.15) is 16.2 Å². The van der Waals surface area contributed by atoms with Gasteiger partial charge in [-0.3, -0.25) is 0 Å². The van der Waals surface area contributed by atoms with E-state index in [1.165, 1.54) is 22.2 Å². The highest BCUT2D eigenvalue weighted by Crippen LogP contribution is 2.39. The smallest absolute Gasteiger partial charge is 0.168 e. The average Bonchev–Trinajstić information content (AvgIpc) is 3.19. The molecule has 108 valence electrons. The van der Waals surface area contributed by atoms with Crippen LogP contribution in [0.1, 0.15) is 22.7 Å². The van der Waals surface area contributed by atoms with Gasteiger partial charge >= 0.3 is 0 Å². The van der Waals surface area contributed by atoms with E-state index in [4.69, 9.17) is 4.98 Å². The quantitative estimate of drug-likeness (QED) is 0.542. The van der Waals surface area contributed by atoms with Crippen molar-refractivity contribution < 1.29 is 0 Å². The van der Waals surface area contributed by atoms with Gasteiger partial charge in [-0.1, -0.05) is 17.3 Å². The van der Waals surface area contributed by atoms with Crippen molar-refractivity contribution in [3.63, 3.8) is 0 Å². The third-order valence-corrected chi connectivity index (χ3v) is 5.40. The van der Waals surface area contributed by atoms with Gasteiger partial charge in [0.15, 0.2) is 5.82 Å². The lowest BCUT2D eigenvalue weighted by atomic mass is 10.2. The highest BCUT2D eigenvalue weighted by atomic mass is 32.1. The molecule has 0 N–H and O–H groups in total. The Morgan fingerprint density at radius 2 is 2.05 bits per heavy atom. The lowest BCUT2D eigenvalue weighted by Gasteiger charge is -2.06. The number of hydrogen-bond acceptors (Lipinski definition) is 5. The molecule has 5 rings (SSSR count). The summed E-state index contributed by atoms with van der Waals surface area (Å²) in [5, 5.41) is 9.77. The molecule has 0 spiro atoms. The van der Waals surface area contributed by atoms with Gasteiger partial charge in [0.2, 0.25) is 0 Å². The van der Waals surface area contributed by atoms with Crippen molar-refractivity contribution >= 4 is 32.6 Å². The Kier molecular flexibility index (Phi) is 2.41. The Morgan fingerprint density at radius 1 is 1.14 bits per heavy atom. The van der Waals surface area contributed by atoms with Crippen LogP contribution < -0.4 is 0 Å². The summed E-state index contributed by atoms with van der Waals surface area (Å²) in [6.07, 6.45) is 3.50. The molecule has 0 unspecified atom stereocenters. The summed E-state index contributed by atoms with van der Waals surface area (Å²) in [6.45, 7) is 1.94. The molecule has 3 aromatic heterocycles. The molecule has 1 aromatic carbocycles. The van der Waals surface area contributed by atoms with Gasteiger partial charge in [0.25, 0.3) is 0 Å². The van der Waals surface area contributed by atoms with Gasteiger partial charge in [-0.05, 0) is 43.9 Å². The van der Waals surface area contributed by atoms with Gasteiger partial charge in [0.05, 0.1) is 10.9 Å². The Bertz CT molecular complexity index is 1030. The molecule has 0 aliphatic heterocycles. The standard InChI is InChI=1S/C16H13N5S/c1-9-17-15(21-12-7-3-2-6-11(12)19-20-21)14-10-5-4-8-13(10)22-16(14)18-9/h2-3,6-7H,4-5,8H2,1H3. The second kappa shape index (κ2) is 4.33. The second-order valence-electron chi connectivity index (χ2n) is 5.62. The predicted molar refractivity (Wildman–Crippen MR) is 86.6 cm³/mol. The average molecular weight is 307 g/mol. The fraction of sp³-hybridized carbons (Fsp3) is 0.250. The third kappa shape index (κ3) is 1.58. The van der Waals surface area contributed by atoms with Crippen molar-refractivity contribution in [2.45, 2.75) is 26.2 Å². The van der Waals surface area contributed by atoms with Crippen LogP contribution in [0.5, 0.6) is 0 Å². The first-order valence-corrected chi connectivity index (χ1v) is 8.22. The van der Waals surface area contributed by atoms with E-state index in [-0.39, 0.29) is 0 Å².